The van der Waals surface area contributed by atoms with Crippen molar-refractivity contribution in [3.63, 3.8) is 0 Å². The second kappa shape index (κ2) is 7.27. The van der Waals surface area contributed by atoms with Gasteiger partial charge in [-0.15, -0.1) is 0 Å². The molecule has 0 fully saturated rings. The third-order valence-corrected chi connectivity index (χ3v) is 7.50. The van der Waals surface area contributed by atoms with Crippen LogP contribution >= 0.6 is 23.1 Å². The molecule has 0 saturated carbocycles. The molecule has 2 heterocycles. The maximum absolute atomic E-state index is 11.0. The number of fused-ring (bicyclic) bond motifs is 2. The zero-order chi connectivity index (χ0) is 19.0. The second-order valence-electron chi connectivity index (χ2n) is 6.29. The van der Waals surface area contributed by atoms with E-state index >= 15 is 0 Å². The first-order valence-electron chi connectivity index (χ1n) is 8.50. The summed E-state index contributed by atoms with van der Waals surface area (Å²) in [5.41, 5.74) is 2.24. The topological polar surface area (TPSA) is 64.3 Å². The van der Waals surface area contributed by atoms with E-state index in [1.54, 1.807) is 23.1 Å². The van der Waals surface area contributed by atoms with E-state index in [-0.39, 0.29) is 5.75 Å². The van der Waals surface area contributed by atoms with E-state index < -0.39 is 10.1 Å². The van der Waals surface area contributed by atoms with Crippen LogP contribution < -0.4 is 9.47 Å². The van der Waals surface area contributed by atoms with Crippen molar-refractivity contribution in [2.45, 2.75) is 11.3 Å². The summed E-state index contributed by atoms with van der Waals surface area (Å²) in [5, 5.41) is 2.16. The van der Waals surface area contributed by atoms with Gasteiger partial charge in [0.25, 0.3) is 5.01 Å². The number of hydrogen-bond donors (Lipinski definition) is 0. The molecule has 140 valence electrons. The lowest BCUT2D eigenvalue weighted by Gasteiger charge is -2.20. The van der Waals surface area contributed by atoms with Crippen LogP contribution in [-0.2, 0) is 17.2 Å². The fourth-order valence-corrected chi connectivity index (χ4v) is 5.91. The van der Waals surface area contributed by atoms with Gasteiger partial charge in [0.05, 0.1) is 26.9 Å². The molecular formula is C19H18N2O3S3. The molecule has 1 aliphatic rings. The molecule has 2 aromatic carbocycles. The van der Waals surface area contributed by atoms with E-state index in [1.165, 1.54) is 10.2 Å². The van der Waals surface area contributed by atoms with Crippen LogP contribution in [0.5, 0.6) is 0 Å². The Kier molecular flexibility index (Phi) is 4.98. The average molecular weight is 419 g/mol. The molecule has 8 heteroatoms. The van der Waals surface area contributed by atoms with Crippen molar-refractivity contribution in [3.8, 4) is 0 Å². The van der Waals surface area contributed by atoms with Crippen LogP contribution in [0.4, 0.5) is 5.69 Å². The number of aromatic nitrogens is 1. The van der Waals surface area contributed by atoms with Gasteiger partial charge >= 0.3 is 0 Å². The molecule has 5 nitrogen and oxygen atoms in total. The van der Waals surface area contributed by atoms with E-state index in [0.717, 1.165) is 20.6 Å². The fraction of sp³-hybridized carbons (Fsp3) is 0.211. The van der Waals surface area contributed by atoms with E-state index in [4.69, 9.17) is 0 Å². The Morgan fingerprint density at radius 1 is 1.15 bits per heavy atom. The highest BCUT2D eigenvalue weighted by Crippen LogP contribution is 2.46. The summed E-state index contributed by atoms with van der Waals surface area (Å²) >= 11 is 3.39. The maximum atomic E-state index is 11.0. The number of para-hydroxylation sites is 2. The first-order chi connectivity index (χ1) is 12.9. The van der Waals surface area contributed by atoms with Crippen LogP contribution in [0.25, 0.3) is 16.3 Å². The number of anilines is 1. The number of hydrogen-bond acceptors (Lipinski definition) is 6. The van der Waals surface area contributed by atoms with Crippen molar-refractivity contribution in [2.24, 2.45) is 7.05 Å². The highest BCUT2D eigenvalue weighted by atomic mass is 32.2. The normalized spacial score (nSPS) is 15.6. The van der Waals surface area contributed by atoms with Gasteiger partial charge < -0.3 is 9.45 Å². The monoisotopic (exact) mass is 418 g/mol. The smallest absolute Gasteiger partial charge is 0.265 e. The lowest BCUT2D eigenvalue weighted by molar-refractivity contribution is -0.642. The zero-order valence-electron chi connectivity index (χ0n) is 14.7. The molecule has 1 aromatic heterocycles. The van der Waals surface area contributed by atoms with E-state index in [9.17, 15) is 13.0 Å². The number of rotatable bonds is 5. The highest BCUT2D eigenvalue weighted by Gasteiger charge is 2.26. The van der Waals surface area contributed by atoms with Crippen molar-refractivity contribution in [1.29, 1.82) is 0 Å². The molecule has 3 aromatic rings. The van der Waals surface area contributed by atoms with Crippen molar-refractivity contribution in [3.05, 3.63) is 58.6 Å². The van der Waals surface area contributed by atoms with Gasteiger partial charge in [-0.25, -0.2) is 8.42 Å². The average Bonchev–Trinajstić information content (AvgIpc) is 3.13. The van der Waals surface area contributed by atoms with Crippen LogP contribution in [0.3, 0.4) is 0 Å². The van der Waals surface area contributed by atoms with Gasteiger partial charge in [-0.05, 0) is 24.6 Å². The number of nitrogens with zero attached hydrogens (tertiary/aromatic N) is 2. The molecule has 0 saturated heterocycles. The van der Waals surface area contributed by atoms with Crippen molar-refractivity contribution in [1.82, 2.24) is 0 Å². The minimum atomic E-state index is -4.20. The van der Waals surface area contributed by atoms with E-state index in [1.807, 2.05) is 37.4 Å². The quantitative estimate of drug-likeness (QED) is 0.468. The van der Waals surface area contributed by atoms with Crippen LogP contribution in [0.2, 0.25) is 0 Å². The standard InChI is InChI=1S/C19H18N2O3S3/c1-20-14-7-2-4-9-16(14)25-18(20)13-19-21(11-6-12-27(22,23)24)15-8-3-5-10-17(15)26-19/h2-5,7-10,13H,6,11-12H2,1H3. The number of aryl methyl sites for hydroxylation is 1. The van der Waals surface area contributed by atoms with Crippen molar-refractivity contribution in [2.75, 3.05) is 17.2 Å². The molecule has 0 amide bonds. The van der Waals surface area contributed by atoms with Crippen LogP contribution in [0, 0.1) is 0 Å². The van der Waals surface area contributed by atoms with Gasteiger partial charge in [0.1, 0.15) is 11.7 Å². The summed E-state index contributed by atoms with van der Waals surface area (Å²) in [6.07, 6.45) is 2.44. The summed E-state index contributed by atoms with van der Waals surface area (Å²) in [4.78, 5) is 3.24. The van der Waals surface area contributed by atoms with Crippen molar-refractivity contribution >= 4 is 55.2 Å². The maximum Gasteiger partial charge on any atom is 0.265 e. The minimum absolute atomic E-state index is 0.302. The molecule has 0 N–H and O–H groups in total. The lowest BCUT2D eigenvalue weighted by atomic mass is 10.3. The lowest BCUT2D eigenvalue weighted by Crippen LogP contribution is -2.29. The zero-order valence-corrected chi connectivity index (χ0v) is 17.1. The van der Waals surface area contributed by atoms with Crippen LogP contribution in [0.1, 0.15) is 11.4 Å². The van der Waals surface area contributed by atoms with Gasteiger partial charge in [-0.2, -0.15) is 4.57 Å². The summed E-state index contributed by atoms with van der Waals surface area (Å²) in [6, 6.07) is 16.3. The minimum Gasteiger partial charge on any atom is -0.748 e. The molecule has 0 bridgehead atoms. The largest absolute Gasteiger partial charge is 0.748 e. The summed E-state index contributed by atoms with van der Waals surface area (Å²) < 4.78 is 36.3. The van der Waals surface area contributed by atoms with Gasteiger partial charge in [0, 0.05) is 23.3 Å². The molecule has 0 unspecified atom stereocenters. The highest BCUT2D eigenvalue weighted by molar-refractivity contribution is 8.03. The molecule has 0 atom stereocenters. The van der Waals surface area contributed by atoms with Crippen LogP contribution in [0.15, 0.2) is 58.5 Å². The van der Waals surface area contributed by atoms with Crippen LogP contribution in [-0.4, -0.2) is 25.3 Å². The number of benzene rings is 2. The molecule has 0 aliphatic carbocycles. The first-order valence-corrected chi connectivity index (χ1v) is 11.7. The SMILES string of the molecule is C[n+]1c(/C=C2\Sc3ccccc3N2CCCS(=O)(=O)[O-])sc2ccccc21. The molecular weight excluding hydrogens is 400 g/mol. The van der Waals surface area contributed by atoms with Gasteiger partial charge in [-0.1, -0.05) is 47.4 Å². The predicted molar refractivity (Wildman–Crippen MR) is 110 cm³/mol. The number of thiazole rings is 1. The second-order valence-corrected chi connectivity index (χ2v) is 9.93. The molecule has 0 spiro atoms. The Bertz CT molecular complexity index is 1140. The van der Waals surface area contributed by atoms with E-state index in [2.05, 4.69) is 33.7 Å². The predicted octanol–water partition coefficient (Wildman–Crippen LogP) is 3.57. The third kappa shape index (κ3) is 3.89. The Hall–Kier alpha value is -1.87. The summed E-state index contributed by atoms with van der Waals surface area (Å²) in [5.74, 6) is -0.347. The Balaban J connectivity index is 1.69. The molecule has 0 radical (unpaired) electrons. The van der Waals surface area contributed by atoms with Gasteiger partial charge in [-0.3, -0.25) is 0 Å². The number of thioether (sulfide) groups is 1. The van der Waals surface area contributed by atoms with Gasteiger partial charge in [0.2, 0.25) is 5.52 Å². The Morgan fingerprint density at radius 2 is 1.89 bits per heavy atom. The first kappa shape index (κ1) is 18.5. The Morgan fingerprint density at radius 3 is 2.67 bits per heavy atom. The Labute approximate surface area is 166 Å². The molecule has 4 rings (SSSR count). The van der Waals surface area contributed by atoms with Gasteiger partial charge in [0.15, 0.2) is 0 Å². The van der Waals surface area contributed by atoms with E-state index in [0.29, 0.717) is 13.0 Å². The van der Waals surface area contributed by atoms with Crippen molar-refractivity contribution < 1.29 is 17.5 Å². The third-order valence-electron chi connectivity index (χ3n) is 4.43. The summed E-state index contributed by atoms with van der Waals surface area (Å²) in [7, 11) is -2.15. The summed E-state index contributed by atoms with van der Waals surface area (Å²) in [6.45, 7) is 0.492. The molecule has 1 aliphatic heterocycles. The fourth-order valence-electron chi connectivity index (χ4n) is 3.14. The molecule has 27 heavy (non-hydrogen) atoms.